The largest absolute Gasteiger partial charge is 0.489 e. The SMILES string of the molecule is Cn1cc(COc2cccc(-c3cccn4nc(N)cc34)c2)cn1. The molecule has 4 aromatic rings. The van der Waals surface area contributed by atoms with E-state index in [-0.39, 0.29) is 0 Å². The average molecular weight is 319 g/mol. The van der Waals surface area contributed by atoms with Gasteiger partial charge in [-0.05, 0) is 23.8 Å². The molecule has 0 bridgehead atoms. The Balaban J connectivity index is 1.64. The van der Waals surface area contributed by atoms with Gasteiger partial charge in [-0.2, -0.15) is 10.2 Å². The lowest BCUT2D eigenvalue weighted by molar-refractivity contribution is 0.306. The van der Waals surface area contributed by atoms with Crippen molar-refractivity contribution in [2.24, 2.45) is 7.05 Å². The number of hydrogen-bond donors (Lipinski definition) is 1. The molecule has 0 radical (unpaired) electrons. The van der Waals surface area contributed by atoms with Crippen LogP contribution in [0.2, 0.25) is 0 Å². The Labute approximate surface area is 139 Å². The number of nitrogens with two attached hydrogens (primary N) is 1. The first-order valence-electron chi connectivity index (χ1n) is 7.64. The number of aryl methyl sites for hydroxylation is 1. The van der Waals surface area contributed by atoms with Crippen molar-refractivity contribution in [2.45, 2.75) is 6.61 Å². The van der Waals surface area contributed by atoms with Crippen molar-refractivity contribution in [3.05, 3.63) is 66.6 Å². The van der Waals surface area contributed by atoms with E-state index in [2.05, 4.69) is 22.3 Å². The first kappa shape index (κ1) is 14.3. The summed E-state index contributed by atoms with van der Waals surface area (Å²) in [5.41, 5.74) is 9.95. The molecule has 4 rings (SSSR count). The van der Waals surface area contributed by atoms with Gasteiger partial charge >= 0.3 is 0 Å². The van der Waals surface area contributed by atoms with Crippen LogP contribution >= 0.6 is 0 Å². The quantitative estimate of drug-likeness (QED) is 0.628. The highest BCUT2D eigenvalue weighted by Crippen LogP contribution is 2.28. The maximum atomic E-state index is 5.88. The van der Waals surface area contributed by atoms with Gasteiger partial charge in [0.1, 0.15) is 18.2 Å². The fourth-order valence-electron chi connectivity index (χ4n) is 2.74. The molecule has 0 saturated heterocycles. The minimum absolute atomic E-state index is 0.487. The summed E-state index contributed by atoms with van der Waals surface area (Å²) in [7, 11) is 1.89. The van der Waals surface area contributed by atoms with Gasteiger partial charge in [0, 0.05) is 36.6 Å². The van der Waals surface area contributed by atoms with E-state index in [4.69, 9.17) is 10.5 Å². The molecule has 120 valence electrons. The molecular weight excluding hydrogens is 302 g/mol. The van der Waals surface area contributed by atoms with Gasteiger partial charge in [0.15, 0.2) is 0 Å². The van der Waals surface area contributed by atoms with Crippen LogP contribution < -0.4 is 10.5 Å². The molecule has 24 heavy (non-hydrogen) atoms. The summed E-state index contributed by atoms with van der Waals surface area (Å²) in [6.45, 7) is 0.487. The van der Waals surface area contributed by atoms with Crippen LogP contribution in [0.1, 0.15) is 5.56 Å². The van der Waals surface area contributed by atoms with Crippen LogP contribution in [-0.2, 0) is 13.7 Å². The number of nitrogen functional groups attached to an aromatic ring is 1. The van der Waals surface area contributed by atoms with Gasteiger partial charge in [0.2, 0.25) is 0 Å². The lowest BCUT2D eigenvalue weighted by Crippen LogP contribution is -1.95. The number of pyridine rings is 1. The molecule has 0 atom stereocenters. The third kappa shape index (κ3) is 2.69. The summed E-state index contributed by atoms with van der Waals surface area (Å²) in [4.78, 5) is 0. The van der Waals surface area contributed by atoms with Gasteiger partial charge < -0.3 is 10.5 Å². The Hall–Kier alpha value is -3.28. The second-order valence-corrected chi connectivity index (χ2v) is 5.66. The predicted octanol–water partition coefficient (Wildman–Crippen LogP) is 2.90. The maximum Gasteiger partial charge on any atom is 0.146 e. The highest BCUT2D eigenvalue weighted by Gasteiger charge is 2.08. The number of nitrogens with zero attached hydrogens (tertiary/aromatic N) is 4. The standard InChI is InChI=1S/C18H17N5O/c1-22-11-13(10-20-22)12-24-15-5-2-4-14(8-15)16-6-3-7-23-17(16)9-18(19)21-23/h2-11H,12H2,1H3,(H2,19,21). The molecule has 3 heterocycles. The monoisotopic (exact) mass is 319 g/mol. The van der Waals surface area contributed by atoms with Crippen molar-refractivity contribution >= 4 is 11.3 Å². The fourth-order valence-corrected chi connectivity index (χ4v) is 2.74. The molecule has 0 unspecified atom stereocenters. The number of hydrogen-bond acceptors (Lipinski definition) is 4. The number of aromatic nitrogens is 4. The zero-order chi connectivity index (χ0) is 16.5. The first-order chi connectivity index (χ1) is 11.7. The molecular formula is C18H17N5O. The van der Waals surface area contributed by atoms with Crippen LogP contribution in [0.5, 0.6) is 5.75 Å². The second kappa shape index (κ2) is 5.73. The third-order valence-electron chi connectivity index (χ3n) is 3.83. The highest BCUT2D eigenvalue weighted by molar-refractivity contribution is 5.82. The molecule has 0 saturated carbocycles. The number of benzene rings is 1. The van der Waals surface area contributed by atoms with Crippen LogP contribution in [0.3, 0.4) is 0 Å². The summed E-state index contributed by atoms with van der Waals surface area (Å²) >= 11 is 0. The minimum Gasteiger partial charge on any atom is -0.489 e. The van der Waals surface area contributed by atoms with Crippen molar-refractivity contribution in [1.29, 1.82) is 0 Å². The normalized spacial score (nSPS) is 11.0. The van der Waals surface area contributed by atoms with Crippen molar-refractivity contribution < 1.29 is 4.74 Å². The Morgan fingerprint density at radius 2 is 2.08 bits per heavy atom. The van der Waals surface area contributed by atoms with Crippen molar-refractivity contribution in [2.75, 3.05) is 5.73 Å². The average Bonchev–Trinajstić information content (AvgIpc) is 3.17. The first-order valence-corrected chi connectivity index (χ1v) is 7.64. The second-order valence-electron chi connectivity index (χ2n) is 5.66. The van der Waals surface area contributed by atoms with E-state index in [1.165, 1.54) is 0 Å². The molecule has 6 heteroatoms. The van der Waals surface area contributed by atoms with E-state index >= 15 is 0 Å². The smallest absolute Gasteiger partial charge is 0.146 e. The van der Waals surface area contributed by atoms with Gasteiger partial charge in [-0.1, -0.05) is 18.2 Å². The lowest BCUT2D eigenvalue weighted by atomic mass is 10.1. The Morgan fingerprint density at radius 1 is 1.17 bits per heavy atom. The summed E-state index contributed by atoms with van der Waals surface area (Å²) in [5.74, 6) is 1.32. The van der Waals surface area contributed by atoms with E-state index in [1.54, 1.807) is 15.4 Å². The topological polar surface area (TPSA) is 70.4 Å². The molecule has 1 aromatic carbocycles. The summed E-state index contributed by atoms with van der Waals surface area (Å²) in [5, 5.41) is 8.40. The van der Waals surface area contributed by atoms with Crippen LogP contribution in [0, 0.1) is 0 Å². The number of anilines is 1. The van der Waals surface area contributed by atoms with Crippen LogP contribution in [0.25, 0.3) is 16.6 Å². The summed E-state index contributed by atoms with van der Waals surface area (Å²) in [6, 6.07) is 13.9. The molecule has 0 spiro atoms. The summed E-state index contributed by atoms with van der Waals surface area (Å²) in [6.07, 6.45) is 5.64. The lowest BCUT2D eigenvalue weighted by Gasteiger charge is -2.08. The van der Waals surface area contributed by atoms with Gasteiger partial charge in [-0.15, -0.1) is 0 Å². The van der Waals surface area contributed by atoms with Crippen LogP contribution in [0.15, 0.2) is 61.1 Å². The van der Waals surface area contributed by atoms with Crippen molar-refractivity contribution in [1.82, 2.24) is 19.4 Å². The number of ether oxygens (including phenoxy) is 1. The highest BCUT2D eigenvalue weighted by atomic mass is 16.5. The van der Waals surface area contributed by atoms with Crippen LogP contribution in [-0.4, -0.2) is 19.4 Å². The van der Waals surface area contributed by atoms with E-state index in [1.807, 2.05) is 49.8 Å². The Bertz CT molecular complexity index is 1000. The molecule has 0 aliphatic rings. The molecule has 0 aliphatic heterocycles. The molecule has 2 N–H and O–H groups in total. The number of fused-ring (bicyclic) bond motifs is 1. The molecule has 6 nitrogen and oxygen atoms in total. The van der Waals surface area contributed by atoms with E-state index in [0.717, 1.165) is 28.0 Å². The van der Waals surface area contributed by atoms with Gasteiger partial charge in [0.05, 0.1) is 11.7 Å². The summed E-state index contributed by atoms with van der Waals surface area (Å²) < 4.78 is 9.43. The van der Waals surface area contributed by atoms with E-state index < -0.39 is 0 Å². The van der Waals surface area contributed by atoms with Crippen molar-refractivity contribution in [3.8, 4) is 16.9 Å². The van der Waals surface area contributed by atoms with E-state index in [9.17, 15) is 0 Å². The fraction of sp³-hybridized carbons (Fsp3) is 0.111. The van der Waals surface area contributed by atoms with Gasteiger partial charge in [-0.3, -0.25) is 4.68 Å². The van der Waals surface area contributed by atoms with Gasteiger partial charge in [0.25, 0.3) is 0 Å². The number of rotatable bonds is 4. The minimum atomic E-state index is 0.487. The van der Waals surface area contributed by atoms with E-state index in [0.29, 0.717) is 12.4 Å². The maximum absolute atomic E-state index is 5.88. The zero-order valence-corrected chi connectivity index (χ0v) is 13.3. The molecule has 0 fully saturated rings. The Morgan fingerprint density at radius 3 is 2.92 bits per heavy atom. The van der Waals surface area contributed by atoms with Crippen molar-refractivity contribution in [3.63, 3.8) is 0 Å². The third-order valence-corrected chi connectivity index (χ3v) is 3.83. The predicted molar refractivity (Wildman–Crippen MR) is 92.6 cm³/mol. The zero-order valence-electron chi connectivity index (χ0n) is 13.3. The Kier molecular flexibility index (Phi) is 3.42. The van der Waals surface area contributed by atoms with Crippen LogP contribution in [0.4, 0.5) is 5.82 Å². The molecule has 0 amide bonds. The van der Waals surface area contributed by atoms with Gasteiger partial charge in [-0.25, -0.2) is 4.52 Å². The molecule has 0 aliphatic carbocycles. The molecule has 3 aromatic heterocycles.